The van der Waals surface area contributed by atoms with Crippen LogP contribution in [0, 0.1) is 0 Å². The van der Waals surface area contributed by atoms with Gasteiger partial charge in [0.1, 0.15) is 0 Å². The van der Waals surface area contributed by atoms with Gasteiger partial charge in [0.2, 0.25) is 5.16 Å². The highest BCUT2D eigenvalue weighted by molar-refractivity contribution is 7.99. The number of nitrogens with one attached hydrogen (secondary N) is 1. The van der Waals surface area contributed by atoms with E-state index in [9.17, 15) is 0 Å². The van der Waals surface area contributed by atoms with Gasteiger partial charge in [-0.2, -0.15) is 0 Å². The highest BCUT2D eigenvalue weighted by atomic mass is 32.2. The molecule has 6 heteroatoms. The third-order valence-electron chi connectivity index (χ3n) is 2.29. The Morgan fingerprint density at radius 1 is 1.47 bits per heavy atom. The lowest BCUT2D eigenvalue weighted by atomic mass is 10.5. The summed E-state index contributed by atoms with van der Waals surface area (Å²) in [5, 5.41) is 16.1. The first-order valence-electron chi connectivity index (χ1n) is 5.53. The van der Waals surface area contributed by atoms with Crippen LogP contribution in [-0.2, 0) is 0 Å². The van der Waals surface area contributed by atoms with Crippen molar-refractivity contribution in [2.24, 2.45) is 0 Å². The monoisotopic (exact) mass is 227 g/mol. The summed E-state index contributed by atoms with van der Waals surface area (Å²) in [6.45, 7) is 4.29. The number of tetrazole rings is 1. The first-order valence-corrected chi connectivity index (χ1v) is 6.51. The molecule has 1 fully saturated rings. The maximum Gasteiger partial charge on any atom is 0.209 e. The molecule has 0 saturated heterocycles. The number of hydrogen-bond donors (Lipinski definition) is 1. The van der Waals surface area contributed by atoms with E-state index in [1.54, 1.807) is 11.8 Å². The van der Waals surface area contributed by atoms with Crippen LogP contribution in [-0.4, -0.2) is 39.0 Å². The van der Waals surface area contributed by atoms with Gasteiger partial charge < -0.3 is 5.32 Å². The normalized spacial score (nSPS) is 15.8. The zero-order valence-electron chi connectivity index (χ0n) is 9.02. The minimum absolute atomic E-state index is 0.575. The molecule has 0 radical (unpaired) electrons. The molecule has 0 atom stereocenters. The third-order valence-corrected chi connectivity index (χ3v) is 3.23. The van der Waals surface area contributed by atoms with Crippen molar-refractivity contribution >= 4 is 11.8 Å². The lowest BCUT2D eigenvalue weighted by Gasteiger charge is -2.03. The van der Waals surface area contributed by atoms with E-state index in [1.807, 2.05) is 4.68 Å². The van der Waals surface area contributed by atoms with Gasteiger partial charge in [-0.25, -0.2) is 4.68 Å². The van der Waals surface area contributed by atoms with Crippen LogP contribution >= 0.6 is 11.8 Å². The Bertz CT molecular complexity index is 296. The van der Waals surface area contributed by atoms with Crippen molar-refractivity contribution in [3.8, 4) is 0 Å². The second-order valence-corrected chi connectivity index (χ2v) is 4.80. The van der Waals surface area contributed by atoms with Crippen molar-refractivity contribution < 1.29 is 0 Å². The van der Waals surface area contributed by atoms with Gasteiger partial charge in [-0.15, -0.1) is 5.10 Å². The molecule has 1 heterocycles. The van der Waals surface area contributed by atoms with Crippen molar-refractivity contribution in [1.82, 2.24) is 25.5 Å². The Hall–Kier alpha value is -0.620. The minimum Gasteiger partial charge on any atom is -0.316 e. The quantitative estimate of drug-likeness (QED) is 0.558. The number of thioether (sulfide) groups is 1. The molecule has 5 nitrogen and oxygen atoms in total. The van der Waals surface area contributed by atoms with Crippen LogP contribution < -0.4 is 5.32 Å². The van der Waals surface area contributed by atoms with Gasteiger partial charge in [-0.3, -0.25) is 0 Å². The number of rotatable bonds is 7. The number of nitrogens with zero attached hydrogens (tertiary/aromatic N) is 4. The smallest absolute Gasteiger partial charge is 0.209 e. The molecule has 2 rings (SSSR count). The fourth-order valence-corrected chi connectivity index (χ4v) is 2.19. The second-order valence-electron chi connectivity index (χ2n) is 3.74. The molecule has 84 valence electrons. The molecule has 0 unspecified atom stereocenters. The largest absolute Gasteiger partial charge is 0.316 e. The van der Waals surface area contributed by atoms with Crippen LogP contribution in [0.25, 0.3) is 0 Å². The molecule has 0 bridgehead atoms. The SMILES string of the molecule is CCCNCCSc1nnnn1C1CC1. The summed E-state index contributed by atoms with van der Waals surface area (Å²) in [6, 6.07) is 0.575. The van der Waals surface area contributed by atoms with Crippen LogP contribution in [0.2, 0.25) is 0 Å². The van der Waals surface area contributed by atoms with Gasteiger partial charge >= 0.3 is 0 Å². The minimum atomic E-state index is 0.575. The summed E-state index contributed by atoms with van der Waals surface area (Å²) in [7, 11) is 0. The third kappa shape index (κ3) is 3.17. The van der Waals surface area contributed by atoms with Gasteiger partial charge in [0.25, 0.3) is 0 Å². The van der Waals surface area contributed by atoms with E-state index in [-0.39, 0.29) is 0 Å². The lowest BCUT2D eigenvalue weighted by Crippen LogP contribution is -2.17. The molecule has 0 aliphatic heterocycles. The Balaban J connectivity index is 1.70. The standard InChI is InChI=1S/C9H17N5S/c1-2-5-10-6-7-15-9-11-12-13-14(9)8-3-4-8/h8,10H,2-7H2,1H3. The molecule has 0 amide bonds. The van der Waals surface area contributed by atoms with Crippen molar-refractivity contribution in [1.29, 1.82) is 0 Å². The van der Waals surface area contributed by atoms with E-state index in [0.717, 1.165) is 24.0 Å². The fraction of sp³-hybridized carbons (Fsp3) is 0.889. The zero-order chi connectivity index (χ0) is 10.5. The molecular weight excluding hydrogens is 210 g/mol. The van der Waals surface area contributed by atoms with Gasteiger partial charge in [0.05, 0.1) is 6.04 Å². The summed E-state index contributed by atoms with van der Waals surface area (Å²) < 4.78 is 1.96. The van der Waals surface area contributed by atoms with E-state index in [0.29, 0.717) is 6.04 Å². The Morgan fingerprint density at radius 3 is 3.07 bits per heavy atom. The van der Waals surface area contributed by atoms with Crippen molar-refractivity contribution in [3.63, 3.8) is 0 Å². The molecule has 0 spiro atoms. The number of hydrogen-bond acceptors (Lipinski definition) is 5. The van der Waals surface area contributed by atoms with E-state index in [4.69, 9.17) is 0 Å². The molecule has 0 aromatic carbocycles. The van der Waals surface area contributed by atoms with E-state index >= 15 is 0 Å². The summed E-state index contributed by atoms with van der Waals surface area (Å²) in [6.07, 6.45) is 3.64. The molecular formula is C9H17N5S. The molecule has 1 aromatic rings. The highest BCUT2D eigenvalue weighted by Crippen LogP contribution is 2.36. The van der Waals surface area contributed by atoms with E-state index in [2.05, 4.69) is 27.8 Å². The number of aromatic nitrogens is 4. The second kappa shape index (κ2) is 5.46. The maximum absolute atomic E-state index is 4.03. The fourth-order valence-electron chi connectivity index (χ4n) is 1.35. The summed E-state index contributed by atoms with van der Waals surface area (Å²) >= 11 is 1.74. The van der Waals surface area contributed by atoms with Gasteiger partial charge in [0.15, 0.2) is 0 Å². The molecule has 1 saturated carbocycles. The van der Waals surface area contributed by atoms with Gasteiger partial charge in [-0.1, -0.05) is 18.7 Å². The molecule has 1 N–H and O–H groups in total. The lowest BCUT2D eigenvalue weighted by molar-refractivity contribution is 0.565. The molecule has 1 aliphatic rings. The molecule has 15 heavy (non-hydrogen) atoms. The highest BCUT2D eigenvalue weighted by Gasteiger charge is 2.27. The summed E-state index contributed by atoms with van der Waals surface area (Å²) in [4.78, 5) is 0. The van der Waals surface area contributed by atoms with Crippen LogP contribution in [0.5, 0.6) is 0 Å². The Kier molecular flexibility index (Phi) is 3.96. The topological polar surface area (TPSA) is 55.6 Å². The van der Waals surface area contributed by atoms with Crippen LogP contribution in [0.15, 0.2) is 5.16 Å². The summed E-state index contributed by atoms with van der Waals surface area (Å²) in [5.74, 6) is 1.03. The molecule has 1 aromatic heterocycles. The van der Waals surface area contributed by atoms with Crippen LogP contribution in [0.1, 0.15) is 32.2 Å². The predicted octanol–water partition coefficient (Wildman–Crippen LogP) is 1.10. The van der Waals surface area contributed by atoms with E-state index < -0.39 is 0 Å². The van der Waals surface area contributed by atoms with Gasteiger partial charge in [-0.05, 0) is 36.2 Å². The maximum atomic E-state index is 4.03. The van der Waals surface area contributed by atoms with Crippen LogP contribution in [0.4, 0.5) is 0 Å². The molecule has 1 aliphatic carbocycles. The summed E-state index contributed by atoms with van der Waals surface area (Å²) in [5.41, 5.74) is 0. The van der Waals surface area contributed by atoms with Crippen molar-refractivity contribution in [2.75, 3.05) is 18.8 Å². The average Bonchev–Trinajstić information content (AvgIpc) is 2.99. The first kappa shape index (κ1) is 10.9. The Morgan fingerprint density at radius 2 is 2.33 bits per heavy atom. The Labute approximate surface area is 94.0 Å². The van der Waals surface area contributed by atoms with Crippen molar-refractivity contribution in [2.45, 2.75) is 37.4 Å². The predicted molar refractivity (Wildman–Crippen MR) is 60.0 cm³/mol. The zero-order valence-corrected chi connectivity index (χ0v) is 9.83. The average molecular weight is 227 g/mol. The van der Waals surface area contributed by atoms with Gasteiger partial charge in [0, 0.05) is 12.3 Å². The van der Waals surface area contributed by atoms with Crippen molar-refractivity contribution in [3.05, 3.63) is 0 Å². The van der Waals surface area contributed by atoms with E-state index in [1.165, 1.54) is 19.3 Å². The van der Waals surface area contributed by atoms with Crippen LogP contribution in [0.3, 0.4) is 0 Å². The first-order chi connectivity index (χ1) is 7.42.